The first-order valence-electron chi connectivity index (χ1n) is 2.33. The van der Waals surface area contributed by atoms with Crippen LogP contribution in [-0.2, 0) is 9.53 Å². The zero-order valence-electron chi connectivity index (χ0n) is 4.94. The van der Waals surface area contributed by atoms with Crippen molar-refractivity contribution in [3.63, 3.8) is 0 Å². The van der Waals surface area contributed by atoms with Crippen molar-refractivity contribution in [3.05, 3.63) is 12.7 Å². The van der Waals surface area contributed by atoms with Crippen LogP contribution in [0.1, 0.15) is 0 Å². The van der Waals surface area contributed by atoms with Gasteiger partial charge >= 0.3 is 5.97 Å². The minimum atomic E-state index is -0.962. The van der Waals surface area contributed by atoms with Gasteiger partial charge in [-0.15, -0.1) is 0 Å². The minimum Gasteiger partial charge on any atom is -0.459 e. The predicted octanol–water partition coefficient (Wildman–Crippen LogP) is 2.55. The van der Waals surface area contributed by atoms with Crippen molar-refractivity contribution in [1.29, 1.82) is 0 Å². The Labute approximate surface area is 84.4 Å². The molecule has 0 aliphatic heterocycles. The number of carbonyl (C=O) groups excluding carboxylic acids is 1. The lowest BCUT2D eigenvalue weighted by Gasteiger charge is -2.09. The topological polar surface area (TPSA) is 26.3 Å². The molecule has 0 spiro atoms. The maximum absolute atomic E-state index is 10.8. The zero-order valence-corrected chi connectivity index (χ0v) is 9.70. The van der Waals surface area contributed by atoms with E-state index in [0.29, 0.717) is 0 Å². The quantitative estimate of drug-likeness (QED) is 0.440. The molecule has 0 atom stereocenters. The van der Waals surface area contributed by atoms with Gasteiger partial charge < -0.3 is 4.74 Å². The Morgan fingerprint density at radius 1 is 1.60 bits per heavy atom. The Hall–Kier alpha value is 0.650. The van der Waals surface area contributed by atoms with Gasteiger partial charge in [0.1, 0.15) is 6.61 Å². The van der Waals surface area contributed by atoms with Crippen molar-refractivity contribution < 1.29 is 9.53 Å². The van der Waals surface area contributed by atoms with Crippen LogP contribution in [0.4, 0.5) is 0 Å². The maximum Gasteiger partial charge on any atom is 0.345 e. The second-order valence-corrected chi connectivity index (χ2v) is 8.15. The summed E-state index contributed by atoms with van der Waals surface area (Å²) in [6.07, 6.45) is 1.50. The first-order valence-corrected chi connectivity index (χ1v) is 4.71. The summed E-state index contributed by atoms with van der Waals surface area (Å²) in [6.45, 7) is 3.60. The summed E-state index contributed by atoms with van der Waals surface area (Å²) in [5.41, 5.74) is 0. The normalized spacial score (nSPS) is 10.7. The molecular weight excluding hydrogens is 332 g/mol. The zero-order chi connectivity index (χ0) is 8.20. The van der Waals surface area contributed by atoms with Crippen LogP contribution < -0.4 is 0 Å². The molecule has 0 aliphatic rings. The van der Waals surface area contributed by atoms with Crippen LogP contribution in [0.5, 0.6) is 0 Å². The summed E-state index contributed by atoms with van der Waals surface area (Å²) in [4.78, 5) is 10.8. The van der Waals surface area contributed by atoms with Crippen LogP contribution in [0.15, 0.2) is 12.7 Å². The molecule has 0 bridgehead atoms. The Morgan fingerprint density at radius 3 is 2.40 bits per heavy atom. The van der Waals surface area contributed by atoms with Gasteiger partial charge in [0, 0.05) is 0 Å². The van der Waals surface area contributed by atoms with Crippen molar-refractivity contribution >= 4 is 53.8 Å². The van der Waals surface area contributed by atoms with Crippen molar-refractivity contribution in [1.82, 2.24) is 0 Å². The van der Waals surface area contributed by atoms with E-state index in [1.165, 1.54) is 6.08 Å². The Bertz CT molecular complexity index is 138. The molecule has 0 aromatic rings. The molecule has 0 aromatic heterocycles. The van der Waals surface area contributed by atoms with E-state index in [1.807, 2.05) is 0 Å². The molecule has 0 aromatic carbocycles. The number of hydrogen-bond acceptors (Lipinski definition) is 2. The van der Waals surface area contributed by atoms with E-state index in [0.717, 1.165) is 0 Å². The summed E-state index contributed by atoms with van der Waals surface area (Å²) in [6, 6.07) is 0. The standard InChI is InChI=1S/C5H5Br3O2/c1-2-3-10-4(9)5(6,7)8/h2H,1,3H2. The molecule has 0 saturated heterocycles. The second kappa shape index (κ2) is 4.51. The van der Waals surface area contributed by atoms with Gasteiger partial charge in [-0.05, 0) is 47.8 Å². The molecular formula is C5H5Br3O2. The highest BCUT2D eigenvalue weighted by Crippen LogP contribution is 2.34. The molecule has 0 unspecified atom stereocenters. The average Bonchev–Trinajstić information content (AvgIpc) is 1.80. The Morgan fingerprint density at radius 2 is 2.10 bits per heavy atom. The molecule has 0 aliphatic carbocycles. The van der Waals surface area contributed by atoms with Crippen molar-refractivity contribution in [2.75, 3.05) is 6.61 Å². The van der Waals surface area contributed by atoms with E-state index in [9.17, 15) is 4.79 Å². The highest BCUT2D eigenvalue weighted by molar-refractivity contribution is 9.40. The molecule has 0 saturated carbocycles. The van der Waals surface area contributed by atoms with Crippen LogP contribution in [0.2, 0.25) is 0 Å². The van der Waals surface area contributed by atoms with Crippen molar-refractivity contribution in [2.24, 2.45) is 0 Å². The lowest BCUT2D eigenvalue weighted by molar-refractivity contribution is -0.140. The van der Waals surface area contributed by atoms with Crippen molar-refractivity contribution in [2.45, 2.75) is 2.14 Å². The van der Waals surface area contributed by atoms with Gasteiger partial charge in [-0.1, -0.05) is 12.7 Å². The summed E-state index contributed by atoms with van der Waals surface area (Å²) in [5, 5.41) is 0. The van der Waals surface area contributed by atoms with Gasteiger partial charge in [-0.25, -0.2) is 4.79 Å². The number of esters is 1. The van der Waals surface area contributed by atoms with Crippen LogP contribution in [0.3, 0.4) is 0 Å². The molecule has 0 N–H and O–H groups in total. The predicted molar refractivity (Wildman–Crippen MR) is 50.7 cm³/mol. The summed E-state index contributed by atoms with van der Waals surface area (Å²) < 4.78 is 3.70. The average molecular weight is 337 g/mol. The molecule has 0 rings (SSSR count). The highest BCUT2D eigenvalue weighted by Gasteiger charge is 2.29. The summed E-state index contributed by atoms with van der Waals surface area (Å²) in [5.74, 6) is -0.438. The summed E-state index contributed by atoms with van der Waals surface area (Å²) in [7, 11) is 0. The highest BCUT2D eigenvalue weighted by atomic mass is 80.0. The molecule has 0 radical (unpaired) electrons. The number of ether oxygens (including phenoxy) is 1. The van der Waals surface area contributed by atoms with Gasteiger partial charge in [0.15, 0.2) is 0 Å². The third kappa shape index (κ3) is 4.46. The fraction of sp³-hybridized carbons (Fsp3) is 0.400. The third-order valence-electron chi connectivity index (χ3n) is 0.564. The molecule has 10 heavy (non-hydrogen) atoms. The molecule has 2 nitrogen and oxygen atoms in total. The lowest BCUT2D eigenvalue weighted by atomic mass is 10.7. The SMILES string of the molecule is C=CCOC(=O)C(Br)(Br)Br. The van der Waals surface area contributed by atoms with Gasteiger partial charge in [0.05, 0.1) is 0 Å². The van der Waals surface area contributed by atoms with Crippen LogP contribution in [0.25, 0.3) is 0 Å². The van der Waals surface area contributed by atoms with Crippen molar-refractivity contribution in [3.8, 4) is 0 Å². The van der Waals surface area contributed by atoms with E-state index in [2.05, 4.69) is 59.1 Å². The number of alkyl halides is 3. The van der Waals surface area contributed by atoms with Gasteiger partial charge in [-0.2, -0.15) is 0 Å². The molecule has 5 heteroatoms. The second-order valence-electron chi connectivity index (χ2n) is 1.38. The van der Waals surface area contributed by atoms with Gasteiger partial charge in [0.2, 0.25) is 2.14 Å². The molecule has 0 heterocycles. The van der Waals surface area contributed by atoms with E-state index in [1.54, 1.807) is 0 Å². The molecule has 58 valence electrons. The maximum atomic E-state index is 10.8. The van der Waals surface area contributed by atoms with Crippen LogP contribution in [-0.4, -0.2) is 14.7 Å². The third-order valence-corrected chi connectivity index (χ3v) is 1.53. The number of rotatable bonds is 2. The first-order chi connectivity index (χ1) is 4.48. The first kappa shape index (κ1) is 10.7. The fourth-order valence-corrected chi connectivity index (χ4v) is 0.560. The van der Waals surface area contributed by atoms with Gasteiger partial charge in [0.25, 0.3) is 0 Å². The lowest BCUT2D eigenvalue weighted by Crippen LogP contribution is -2.20. The smallest absolute Gasteiger partial charge is 0.345 e. The van der Waals surface area contributed by atoms with E-state index < -0.39 is 8.11 Å². The van der Waals surface area contributed by atoms with E-state index in [-0.39, 0.29) is 6.61 Å². The fourth-order valence-electron chi connectivity index (χ4n) is 0.216. The van der Waals surface area contributed by atoms with E-state index >= 15 is 0 Å². The summed E-state index contributed by atoms with van der Waals surface area (Å²) >= 11 is 9.00. The number of halogens is 3. The van der Waals surface area contributed by atoms with Crippen LogP contribution >= 0.6 is 47.8 Å². The number of hydrogen-bond donors (Lipinski definition) is 0. The van der Waals surface area contributed by atoms with Gasteiger partial charge in [-0.3, -0.25) is 0 Å². The Kier molecular flexibility index (Phi) is 4.81. The molecule has 0 fully saturated rings. The number of carbonyl (C=O) groups is 1. The Balaban J connectivity index is 3.74. The van der Waals surface area contributed by atoms with E-state index in [4.69, 9.17) is 0 Å². The minimum absolute atomic E-state index is 0.212. The van der Waals surface area contributed by atoms with Crippen LogP contribution in [0, 0.1) is 0 Å². The largest absolute Gasteiger partial charge is 0.459 e. The molecule has 0 amide bonds. The monoisotopic (exact) mass is 334 g/mol.